The van der Waals surface area contributed by atoms with Crippen molar-refractivity contribution < 1.29 is 24.5 Å². The van der Waals surface area contributed by atoms with Gasteiger partial charge in [0.1, 0.15) is 22.6 Å². The fourth-order valence-corrected chi connectivity index (χ4v) is 3.95. The average Bonchev–Trinajstić information content (AvgIpc) is 2.78. The molecule has 5 aromatic carbocycles. The van der Waals surface area contributed by atoms with E-state index in [9.17, 15) is 19.8 Å². The molecular formula is C26H16O5. The zero-order chi connectivity index (χ0) is 21.5. The van der Waals surface area contributed by atoms with Gasteiger partial charge in [-0.2, -0.15) is 0 Å². The highest BCUT2D eigenvalue weighted by Gasteiger charge is 2.22. The number of ether oxygens (including phenoxy) is 1. The summed E-state index contributed by atoms with van der Waals surface area (Å²) in [5.74, 6) is -2.31. The zero-order valence-electron chi connectivity index (χ0n) is 16.2. The number of phenols is 1. The number of benzene rings is 5. The second-order valence-corrected chi connectivity index (χ2v) is 7.20. The van der Waals surface area contributed by atoms with E-state index in [4.69, 9.17) is 4.74 Å². The van der Waals surface area contributed by atoms with Crippen LogP contribution in [0.3, 0.4) is 0 Å². The van der Waals surface area contributed by atoms with Gasteiger partial charge in [0.15, 0.2) is 0 Å². The standard InChI is InChI=1S/C26H16O5/c27-24-18-8-4-2-6-16(18)10-12-21(24)26(30)31-22-14-13-19-17-7-3-1-5-15(17)9-11-20(19)23(22)25(28)29/h1-14,27H,(H,28,29). The Bertz CT molecular complexity index is 1520. The minimum atomic E-state index is -1.20. The van der Waals surface area contributed by atoms with Crippen LogP contribution < -0.4 is 4.74 Å². The summed E-state index contributed by atoms with van der Waals surface area (Å²) in [6, 6.07) is 24.7. The van der Waals surface area contributed by atoms with Crippen molar-refractivity contribution in [2.24, 2.45) is 0 Å². The molecule has 0 amide bonds. The predicted octanol–water partition coefficient (Wildman–Crippen LogP) is 5.77. The highest BCUT2D eigenvalue weighted by atomic mass is 16.5. The maximum Gasteiger partial charge on any atom is 0.347 e. The SMILES string of the molecule is O=C(Oc1ccc2c(ccc3ccccc32)c1C(=O)O)c1ccc2ccccc2c1O. The Balaban J connectivity index is 1.63. The quantitative estimate of drug-likeness (QED) is 0.225. The Morgan fingerprint density at radius 1 is 0.645 bits per heavy atom. The van der Waals surface area contributed by atoms with E-state index in [1.165, 1.54) is 12.1 Å². The van der Waals surface area contributed by atoms with E-state index >= 15 is 0 Å². The van der Waals surface area contributed by atoms with Crippen LogP contribution in [0.25, 0.3) is 32.3 Å². The van der Waals surface area contributed by atoms with E-state index in [0.29, 0.717) is 10.8 Å². The molecule has 5 heteroatoms. The molecule has 0 bridgehead atoms. The van der Waals surface area contributed by atoms with E-state index in [0.717, 1.165) is 21.5 Å². The van der Waals surface area contributed by atoms with Gasteiger partial charge in [-0.1, -0.05) is 66.7 Å². The summed E-state index contributed by atoms with van der Waals surface area (Å²) in [6.45, 7) is 0. The molecule has 0 fully saturated rings. The summed E-state index contributed by atoms with van der Waals surface area (Å²) < 4.78 is 5.46. The van der Waals surface area contributed by atoms with Crippen LogP contribution in [0, 0.1) is 0 Å². The lowest BCUT2D eigenvalue weighted by molar-refractivity contribution is 0.0683. The maximum atomic E-state index is 12.8. The fraction of sp³-hybridized carbons (Fsp3) is 0. The van der Waals surface area contributed by atoms with Gasteiger partial charge in [-0.15, -0.1) is 0 Å². The van der Waals surface area contributed by atoms with Crippen molar-refractivity contribution in [1.82, 2.24) is 0 Å². The number of rotatable bonds is 3. The van der Waals surface area contributed by atoms with Crippen molar-refractivity contribution in [2.75, 3.05) is 0 Å². The molecule has 31 heavy (non-hydrogen) atoms. The minimum Gasteiger partial charge on any atom is -0.506 e. The number of carboxylic acids is 1. The van der Waals surface area contributed by atoms with Crippen molar-refractivity contribution in [1.29, 1.82) is 0 Å². The number of fused-ring (bicyclic) bond motifs is 4. The summed E-state index contributed by atoms with van der Waals surface area (Å²) in [5.41, 5.74) is -0.134. The molecule has 5 aromatic rings. The number of carboxylic acid groups (broad SMARTS) is 1. The third-order valence-electron chi connectivity index (χ3n) is 5.42. The van der Waals surface area contributed by atoms with Crippen molar-refractivity contribution in [3.8, 4) is 11.5 Å². The molecule has 5 rings (SSSR count). The summed E-state index contributed by atoms with van der Waals surface area (Å²) in [6.07, 6.45) is 0. The minimum absolute atomic E-state index is 0.0337. The molecule has 0 aliphatic carbocycles. The number of hydrogen-bond acceptors (Lipinski definition) is 4. The molecule has 0 heterocycles. The first-order valence-corrected chi connectivity index (χ1v) is 9.65. The van der Waals surface area contributed by atoms with E-state index < -0.39 is 11.9 Å². The molecule has 0 radical (unpaired) electrons. The van der Waals surface area contributed by atoms with Gasteiger partial charge >= 0.3 is 11.9 Å². The van der Waals surface area contributed by atoms with Gasteiger partial charge in [-0.3, -0.25) is 0 Å². The molecule has 0 aliphatic rings. The Morgan fingerprint density at radius 3 is 2.00 bits per heavy atom. The Morgan fingerprint density at radius 2 is 1.26 bits per heavy atom. The van der Waals surface area contributed by atoms with Crippen LogP contribution in [-0.2, 0) is 0 Å². The monoisotopic (exact) mass is 408 g/mol. The first kappa shape index (κ1) is 18.6. The van der Waals surface area contributed by atoms with Gasteiger partial charge in [0.25, 0.3) is 0 Å². The molecule has 0 saturated heterocycles. The smallest absolute Gasteiger partial charge is 0.347 e. The van der Waals surface area contributed by atoms with Crippen LogP contribution in [-0.4, -0.2) is 22.2 Å². The molecule has 0 unspecified atom stereocenters. The van der Waals surface area contributed by atoms with E-state index in [1.807, 2.05) is 42.5 Å². The maximum absolute atomic E-state index is 12.8. The van der Waals surface area contributed by atoms with Gasteiger partial charge in [0, 0.05) is 10.8 Å². The highest BCUT2D eigenvalue weighted by molar-refractivity contribution is 6.15. The third-order valence-corrected chi connectivity index (χ3v) is 5.42. The first-order chi connectivity index (χ1) is 15.0. The molecule has 0 aromatic heterocycles. The van der Waals surface area contributed by atoms with E-state index in [2.05, 4.69) is 0 Å². The third kappa shape index (κ3) is 3.04. The molecule has 0 atom stereocenters. The Labute approximate surface area is 176 Å². The Kier molecular flexibility index (Phi) is 4.30. The van der Waals surface area contributed by atoms with E-state index in [-0.39, 0.29) is 22.6 Å². The number of carbonyl (C=O) groups excluding carboxylic acids is 1. The van der Waals surface area contributed by atoms with Crippen molar-refractivity contribution in [2.45, 2.75) is 0 Å². The molecule has 2 N–H and O–H groups in total. The zero-order valence-corrected chi connectivity index (χ0v) is 16.2. The predicted molar refractivity (Wildman–Crippen MR) is 119 cm³/mol. The molecule has 0 spiro atoms. The topological polar surface area (TPSA) is 83.8 Å². The number of carbonyl (C=O) groups is 2. The summed E-state index contributed by atoms with van der Waals surface area (Å²) in [7, 11) is 0. The molecule has 150 valence electrons. The van der Waals surface area contributed by atoms with Crippen molar-refractivity contribution in [3.63, 3.8) is 0 Å². The number of phenolic OH excluding ortho intramolecular Hbond substituents is 1. The van der Waals surface area contributed by atoms with Gasteiger partial charge < -0.3 is 14.9 Å². The highest BCUT2D eigenvalue weighted by Crippen LogP contribution is 2.34. The second kappa shape index (κ2) is 7.15. The van der Waals surface area contributed by atoms with E-state index in [1.54, 1.807) is 30.3 Å². The van der Waals surface area contributed by atoms with Crippen LogP contribution >= 0.6 is 0 Å². The van der Waals surface area contributed by atoms with Crippen LogP contribution in [0.15, 0.2) is 84.9 Å². The van der Waals surface area contributed by atoms with Gasteiger partial charge in [-0.05, 0) is 39.7 Å². The first-order valence-electron chi connectivity index (χ1n) is 9.65. The van der Waals surface area contributed by atoms with Crippen LogP contribution in [0.1, 0.15) is 20.7 Å². The summed E-state index contributed by atoms with van der Waals surface area (Å²) in [4.78, 5) is 24.9. The normalized spacial score (nSPS) is 11.1. The van der Waals surface area contributed by atoms with Gasteiger partial charge in [0.05, 0.1) is 0 Å². The number of esters is 1. The molecule has 0 saturated carbocycles. The molecule has 5 nitrogen and oxygen atoms in total. The molecular weight excluding hydrogens is 392 g/mol. The molecule has 0 aliphatic heterocycles. The lowest BCUT2D eigenvalue weighted by atomic mass is 9.97. The van der Waals surface area contributed by atoms with Crippen molar-refractivity contribution in [3.05, 3.63) is 96.1 Å². The van der Waals surface area contributed by atoms with Crippen LogP contribution in [0.2, 0.25) is 0 Å². The summed E-state index contributed by atoms with van der Waals surface area (Å²) >= 11 is 0. The Hall–Kier alpha value is -4.38. The number of hydrogen-bond donors (Lipinski definition) is 2. The fourth-order valence-electron chi connectivity index (χ4n) is 3.95. The van der Waals surface area contributed by atoms with Crippen molar-refractivity contribution >= 4 is 44.3 Å². The largest absolute Gasteiger partial charge is 0.506 e. The number of aromatic carboxylic acids is 1. The van der Waals surface area contributed by atoms with Gasteiger partial charge in [-0.25, -0.2) is 9.59 Å². The number of aromatic hydroxyl groups is 1. The second-order valence-electron chi connectivity index (χ2n) is 7.20. The average molecular weight is 408 g/mol. The van der Waals surface area contributed by atoms with Gasteiger partial charge in [0.2, 0.25) is 0 Å². The van der Waals surface area contributed by atoms with Crippen LogP contribution in [0.4, 0.5) is 0 Å². The lowest BCUT2D eigenvalue weighted by Gasteiger charge is -2.13. The lowest BCUT2D eigenvalue weighted by Crippen LogP contribution is -2.12. The van der Waals surface area contributed by atoms with Crippen LogP contribution in [0.5, 0.6) is 11.5 Å². The summed E-state index contributed by atoms with van der Waals surface area (Å²) in [5, 5.41) is 24.8.